The first-order chi connectivity index (χ1) is 20.2. The van der Waals surface area contributed by atoms with Crippen molar-refractivity contribution in [3.63, 3.8) is 0 Å². The first-order valence-corrected chi connectivity index (χ1v) is 14.7. The quantitative estimate of drug-likeness (QED) is 0.221. The minimum atomic E-state index is -4.43. The highest BCUT2D eigenvalue weighted by atomic mass is 19.4. The molecule has 2 N–H and O–H groups in total. The summed E-state index contributed by atoms with van der Waals surface area (Å²) in [6.45, 7) is 2.26. The number of rotatable bonds is 8. The van der Waals surface area contributed by atoms with E-state index in [9.17, 15) is 23.1 Å². The van der Waals surface area contributed by atoms with Crippen LogP contribution in [0.5, 0.6) is 0 Å². The van der Waals surface area contributed by atoms with Gasteiger partial charge in [0, 0.05) is 18.2 Å². The van der Waals surface area contributed by atoms with E-state index in [1.807, 2.05) is 16.7 Å². The van der Waals surface area contributed by atoms with Gasteiger partial charge >= 0.3 is 12.1 Å². The Morgan fingerprint density at radius 3 is 2.24 bits per heavy atom. The van der Waals surface area contributed by atoms with Gasteiger partial charge in [0.15, 0.2) is 11.5 Å². The van der Waals surface area contributed by atoms with E-state index >= 15 is 0 Å². The number of halogens is 3. The van der Waals surface area contributed by atoms with Crippen molar-refractivity contribution in [1.82, 2.24) is 19.5 Å². The Kier molecular flexibility index (Phi) is 7.64. The number of carboxylic acids is 1. The van der Waals surface area contributed by atoms with Crippen LogP contribution in [0.2, 0.25) is 0 Å². The molecule has 1 atom stereocenters. The summed E-state index contributed by atoms with van der Waals surface area (Å²) in [6, 6.07) is 13.4. The maximum Gasteiger partial charge on any atom is 0.416 e. The molecule has 0 spiro atoms. The number of hydrogen-bond acceptors (Lipinski definition) is 5. The van der Waals surface area contributed by atoms with Crippen LogP contribution in [0.4, 0.5) is 19.0 Å². The molecule has 0 bridgehead atoms. The molecule has 0 saturated heterocycles. The summed E-state index contributed by atoms with van der Waals surface area (Å²) in [5.74, 6) is 0.279. The smallest absolute Gasteiger partial charge is 0.416 e. The molecule has 6 rings (SSSR count). The predicted octanol–water partition coefficient (Wildman–Crippen LogP) is 7.91. The Hall–Kier alpha value is -3.95. The molecule has 2 fully saturated rings. The van der Waals surface area contributed by atoms with E-state index in [0.717, 1.165) is 37.0 Å². The summed E-state index contributed by atoms with van der Waals surface area (Å²) in [5, 5.41) is 13.2. The first-order valence-electron chi connectivity index (χ1n) is 14.7. The minimum Gasteiger partial charge on any atom is -0.475 e. The zero-order chi connectivity index (χ0) is 29.4. The van der Waals surface area contributed by atoms with Gasteiger partial charge in [-0.2, -0.15) is 13.2 Å². The van der Waals surface area contributed by atoms with E-state index in [1.165, 1.54) is 49.8 Å². The van der Waals surface area contributed by atoms with Crippen molar-refractivity contribution in [2.24, 2.45) is 5.92 Å². The second-order valence-corrected chi connectivity index (χ2v) is 11.7. The van der Waals surface area contributed by atoms with Crippen LogP contribution in [0.25, 0.3) is 22.6 Å². The molecule has 0 unspecified atom stereocenters. The molecule has 220 valence electrons. The van der Waals surface area contributed by atoms with Gasteiger partial charge in [-0.25, -0.2) is 19.7 Å². The first kappa shape index (κ1) is 28.2. The Bertz CT molecular complexity index is 1570. The Labute approximate surface area is 242 Å². The summed E-state index contributed by atoms with van der Waals surface area (Å²) in [4.78, 5) is 25.4. The average molecular weight is 578 g/mol. The van der Waals surface area contributed by atoms with Gasteiger partial charge < -0.3 is 15.0 Å². The highest BCUT2D eigenvalue weighted by Gasteiger charge is 2.31. The lowest BCUT2D eigenvalue weighted by Gasteiger charge is -2.32. The second kappa shape index (κ2) is 11.4. The number of imidazole rings is 1. The lowest BCUT2D eigenvalue weighted by atomic mass is 9.80. The van der Waals surface area contributed by atoms with Crippen LogP contribution in [0, 0.1) is 5.92 Å². The number of aromatic nitrogens is 4. The van der Waals surface area contributed by atoms with Gasteiger partial charge in [-0.15, -0.1) is 0 Å². The minimum absolute atomic E-state index is 0.0474. The molecular weight excluding hydrogens is 543 g/mol. The number of carbonyl (C=O) groups is 1. The molecular formula is C32H34F3N5O2. The van der Waals surface area contributed by atoms with Gasteiger partial charge in [-0.1, -0.05) is 62.1 Å². The highest BCUT2D eigenvalue weighted by molar-refractivity contribution is 5.92. The van der Waals surface area contributed by atoms with Gasteiger partial charge in [-0.3, -0.25) is 0 Å². The molecule has 2 aliphatic rings. The SMILES string of the molecule is C[C@@H](Nc1nc(C(=O)O)nc2nc(-c3ccc(C4CCCCC4)cc3)n(Cc3ccc(C(F)(F)F)cc3)c12)C1CCC1. The molecule has 7 nitrogen and oxygen atoms in total. The fourth-order valence-electron chi connectivity index (χ4n) is 6.20. The van der Waals surface area contributed by atoms with Crippen molar-refractivity contribution in [3.05, 3.63) is 71.0 Å². The zero-order valence-electron chi connectivity index (χ0n) is 23.5. The molecule has 2 aromatic heterocycles. The Morgan fingerprint density at radius 2 is 1.64 bits per heavy atom. The lowest BCUT2D eigenvalue weighted by molar-refractivity contribution is -0.137. The summed E-state index contributed by atoms with van der Waals surface area (Å²) in [5.41, 5.74) is 2.78. The van der Waals surface area contributed by atoms with Gasteiger partial charge in [0.25, 0.3) is 0 Å². The van der Waals surface area contributed by atoms with E-state index in [4.69, 9.17) is 4.98 Å². The van der Waals surface area contributed by atoms with Crippen LogP contribution in [0.15, 0.2) is 48.5 Å². The number of nitrogens with one attached hydrogen (secondary N) is 1. The van der Waals surface area contributed by atoms with E-state index < -0.39 is 17.7 Å². The van der Waals surface area contributed by atoms with Gasteiger partial charge in [0.05, 0.1) is 5.56 Å². The number of anilines is 1. The molecule has 4 aromatic rings. The number of hydrogen-bond donors (Lipinski definition) is 2. The number of benzene rings is 2. The van der Waals surface area contributed by atoms with Crippen LogP contribution in [-0.4, -0.2) is 36.6 Å². The summed E-state index contributed by atoms with van der Waals surface area (Å²) < 4.78 is 41.6. The largest absolute Gasteiger partial charge is 0.475 e. The molecule has 2 heterocycles. The number of alkyl halides is 3. The fraction of sp³-hybridized carbons (Fsp3) is 0.438. The zero-order valence-corrected chi connectivity index (χ0v) is 23.5. The van der Waals surface area contributed by atoms with E-state index in [0.29, 0.717) is 34.6 Å². The number of nitrogens with zero attached hydrogens (tertiary/aromatic N) is 4. The molecule has 2 aliphatic carbocycles. The number of aromatic carboxylic acids is 1. The molecule has 0 amide bonds. The average Bonchev–Trinajstić information content (AvgIpc) is 3.30. The molecule has 10 heteroatoms. The summed E-state index contributed by atoms with van der Waals surface area (Å²) in [6.07, 6.45) is 4.97. The topological polar surface area (TPSA) is 92.9 Å². The van der Waals surface area contributed by atoms with Crippen LogP contribution < -0.4 is 5.32 Å². The molecule has 0 radical (unpaired) electrons. The van der Waals surface area contributed by atoms with Crippen molar-refractivity contribution >= 4 is 23.0 Å². The van der Waals surface area contributed by atoms with Crippen LogP contribution in [0.3, 0.4) is 0 Å². The highest BCUT2D eigenvalue weighted by Crippen LogP contribution is 2.36. The van der Waals surface area contributed by atoms with Gasteiger partial charge in [-0.05, 0) is 67.7 Å². The second-order valence-electron chi connectivity index (χ2n) is 11.7. The number of carboxylic acid groups (broad SMARTS) is 1. The third kappa shape index (κ3) is 5.71. The lowest BCUT2D eigenvalue weighted by Crippen LogP contribution is -2.31. The molecule has 2 saturated carbocycles. The van der Waals surface area contributed by atoms with Crippen molar-refractivity contribution < 1.29 is 23.1 Å². The molecule has 42 heavy (non-hydrogen) atoms. The maximum atomic E-state index is 13.2. The molecule has 0 aliphatic heterocycles. The van der Waals surface area contributed by atoms with Crippen LogP contribution in [-0.2, 0) is 12.7 Å². The summed E-state index contributed by atoms with van der Waals surface area (Å²) >= 11 is 0. The standard InChI is InChI=1S/C32H34F3N5O2/c1-19(21-8-5-9-21)36-27-26-28(38-29(37-27)31(41)42)39-30(24-14-12-23(13-15-24)22-6-3-2-4-7-22)40(26)18-20-10-16-25(17-11-20)32(33,34)35/h10-17,19,21-22H,2-9,18H2,1H3,(H,41,42)(H,36,37,38)/t19-/m1/s1. The van der Waals surface area contributed by atoms with Gasteiger partial charge in [0.1, 0.15) is 11.3 Å². The van der Waals surface area contributed by atoms with Crippen molar-refractivity contribution in [2.45, 2.75) is 83.0 Å². The summed E-state index contributed by atoms with van der Waals surface area (Å²) in [7, 11) is 0. The third-order valence-electron chi connectivity index (χ3n) is 8.88. The van der Waals surface area contributed by atoms with Gasteiger partial charge in [0.2, 0.25) is 5.82 Å². The normalized spacial score (nSPS) is 17.2. The van der Waals surface area contributed by atoms with Crippen LogP contribution >= 0.6 is 0 Å². The maximum absolute atomic E-state index is 13.2. The number of fused-ring (bicyclic) bond motifs is 1. The van der Waals surface area contributed by atoms with Crippen molar-refractivity contribution in [3.8, 4) is 11.4 Å². The predicted molar refractivity (Wildman–Crippen MR) is 155 cm³/mol. The van der Waals surface area contributed by atoms with Crippen LogP contribution in [0.1, 0.15) is 91.5 Å². The third-order valence-corrected chi connectivity index (χ3v) is 8.88. The fourth-order valence-corrected chi connectivity index (χ4v) is 6.20. The van der Waals surface area contributed by atoms with E-state index in [1.54, 1.807) is 0 Å². The van der Waals surface area contributed by atoms with E-state index in [-0.39, 0.29) is 24.1 Å². The van der Waals surface area contributed by atoms with Crippen molar-refractivity contribution in [2.75, 3.05) is 5.32 Å². The van der Waals surface area contributed by atoms with E-state index in [2.05, 4.69) is 34.3 Å². The molecule has 2 aromatic carbocycles. The monoisotopic (exact) mass is 577 g/mol. The van der Waals surface area contributed by atoms with Crippen molar-refractivity contribution in [1.29, 1.82) is 0 Å². The Balaban J connectivity index is 1.46. The Morgan fingerprint density at radius 1 is 0.952 bits per heavy atom.